The molecule has 0 saturated heterocycles. The summed E-state index contributed by atoms with van der Waals surface area (Å²) in [4.78, 5) is 4.19. The normalized spacial score (nSPS) is 13.5. The summed E-state index contributed by atoms with van der Waals surface area (Å²) in [5.41, 5.74) is 8.34. The molecule has 0 fully saturated rings. The van der Waals surface area contributed by atoms with Crippen molar-refractivity contribution in [3.05, 3.63) is 24.0 Å². The molecule has 2 aromatic heterocycles. The van der Waals surface area contributed by atoms with E-state index in [0.29, 0.717) is 0 Å². The highest BCUT2D eigenvalue weighted by atomic mass is 15.1. The van der Waals surface area contributed by atoms with Gasteiger partial charge in [0.15, 0.2) is 0 Å². The zero-order chi connectivity index (χ0) is 8.55. The molecule has 2 rings (SSSR count). The highest BCUT2D eigenvalue weighted by Gasteiger charge is 2.08. The number of nitrogens with two attached hydrogens (primary N) is 1. The second-order valence-corrected chi connectivity index (χ2v) is 2.80. The predicted octanol–water partition coefficient (Wildman–Crippen LogP) is 0.978. The van der Waals surface area contributed by atoms with Gasteiger partial charge in [-0.05, 0) is 19.1 Å². The standard InChI is InChI=1S/C8H10N4/c1-5(9)7-8-6(11-12-7)3-2-4-10-8/h2-5H,9H2,1H3,(H,11,12). The van der Waals surface area contributed by atoms with E-state index in [1.165, 1.54) is 0 Å². The van der Waals surface area contributed by atoms with Gasteiger partial charge < -0.3 is 5.73 Å². The second-order valence-electron chi connectivity index (χ2n) is 2.80. The van der Waals surface area contributed by atoms with Crippen molar-refractivity contribution in [3.63, 3.8) is 0 Å². The number of fused-ring (bicyclic) bond motifs is 1. The summed E-state index contributed by atoms with van der Waals surface area (Å²) in [7, 11) is 0. The molecule has 0 aliphatic heterocycles. The number of hydrogen-bond donors (Lipinski definition) is 2. The number of rotatable bonds is 1. The smallest absolute Gasteiger partial charge is 0.113 e. The molecule has 0 spiro atoms. The van der Waals surface area contributed by atoms with Gasteiger partial charge in [0, 0.05) is 12.2 Å². The summed E-state index contributed by atoms with van der Waals surface area (Å²) in [5.74, 6) is 0. The lowest BCUT2D eigenvalue weighted by molar-refractivity contribution is 0.777. The van der Waals surface area contributed by atoms with Crippen LogP contribution in [0.4, 0.5) is 0 Å². The molecule has 0 aliphatic rings. The molecule has 2 aromatic rings. The molecular weight excluding hydrogens is 152 g/mol. The Morgan fingerprint density at radius 2 is 2.42 bits per heavy atom. The van der Waals surface area contributed by atoms with Crippen molar-refractivity contribution < 1.29 is 0 Å². The maximum absolute atomic E-state index is 5.71. The molecule has 1 unspecified atom stereocenters. The van der Waals surface area contributed by atoms with Crippen LogP contribution >= 0.6 is 0 Å². The van der Waals surface area contributed by atoms with E-state index >= 15 is 0 Å². The van der Waals surface area contributed by atoms with Crippen LogP contribution in [0.2, 0.25) is 0 Å². The Labute approximate surface area is 69.8 Å². The number of aromatic amines is 1. The van der Waals surface area contributed by atoms with Crippen molar-refractivity contribution in [2.75, 3.05) is 0 Å². The van der Waals surface area contributed by atoms with Gasteiger partial charge in [-0.3, -0.25) is 10.1 Å². The Morgan fingerprint density at radius 1 is 1.58 bits per heavy atom. The zero-order valence-electron chi connectivity index (χ0n) is 6.78. The molecule has 4 nitrogen and oxygen atoms in total. The molecule has 0 aromatic carbocycles. The summed E-state index contributed by atoms with van der Waals surface area (Å²) in [6, 6.07) is 3.71. The van der Waals surface area contributed by atoms with Crippen LogP contribution in [-0.2, 0) is 0 Å². The molecule has 0 saturated carbocycles. The fraction of sp³-hybridized carbons (Fsp3) is 0.250. The van der Waals surface area contributed by atoms with Crippen LogP contribution < -0.4 is 5.73 Å². The van der Waals surface area contributed by atoms with Gasteiger partial charge in [-0.25, -0.2) is 0 Å². The fourth-order valence-corrected chi connectivity index (χ4v) is 1.19. The Kier molecular flexibility index (Phi) is 1.55. The summed E-state index contributed by atoms with van der Waals surface area (Å²) in [5, 5.41) is 6.95. The lowest BCUT2D eigenvalue weighted by atomic mass is 10.2. The molecule has 3 N–H and O–H groups in total. The first-order valence-corrected chi connectivity index (χ1v) is 3.83. The van der Waals surface area contributed by atoms with E-state index in [2.05, 4.69) is 15.2 Å². The van der Waals surface area contributed by atoms with E-state index in [1.807, 2.05) is 19.1 Å². The maximum Gasteiger partial charge on any atom is 0.113 e. The number of nitrogens with one attached hydrogen (secondary N) is 1. The first-order valence-electron chi connectivity index (χ1n) is 3.83. The summed E-state index contributed by atoms with van der Waals surface area (Å²) >= 11 is 0. The van der Waals surface area contributed by atoms with Gasteiger partial charge in [0.1, 0.15) is 11.0 Å². The van der Waals surface area contributed by atoms with Crippen LogP contribution in [0.3, 0.4) is 0 Å². The van der Waals surface area contributed by atoms with Crippen molar-refractivity contribution in [2.24, 2.45) is 5.73 Å². The van der Waals surface area contributed by atoms with Crippen LogP contribution in [0, 0.1) is 0 Å². The minimum Gasteiger partial charge on any atom is -0.323 e. The average molecular weight is 162 g/mol. The summed E-state index contributed by atoms with van der Waals surface area (Å²) in [6.45, 7) is 1.90. The third-order valence-electron chi connectivity index (χ3n) is 1.79. The maximum atomic E-state index is 5.71. The van der Waals surface area contributed by atoms with Gasteiger partial charge >= 0.3 is 0 Å². The number of pyridine rings is 1. The van der Waals surface area contributed by atoms with Crippen LogP contribution in [0.1, 0.15) is 18.7 Å². The van der Waals surface area contributed by atoms with E-state index in [0.717, 1.165) is 16.7 Å². The molecule has 1 atom stereocenters. The van der Waals surface area contributed by atoms with Gasteiger partial charge in [0.05, 0.1) is 5.69 Å². The van der Waals surface area contributed by atoms with Crippen molar-refractivity contribution in [1.29, 1.82) is 0 Å². The van der Waals surface area contributed by atoms with E-state index < -0.39 is 0 Å². The molecular formula is C8H10N4. The number of hydrogen-bond acceptors (Lipinski definition) is 3. The van der Waals surface area contributed by atoms with Crippen LogP contribution in [0.5, 0.6) is 0 Å². The Morgan fingerprint density at radius 3 is 3.17 bits per heavy atom. The Hall–Kier alpha value is -1.42. The highest BCUT2D eigenvalue weighted by Crippen LogP contribution is 2.16. The summed E-state index contributed by atoms with van der Waals surface area (Å²) in [6.07, 6.45) is 1.74. The van der Waals surface area contributed by atoms with E-state index in [-0.39, 0.29) is 6.04 Å². The van der Waals surface area contributed by atoms with Gasteiger partial charge in [-0.1, -0.05) is 0 Å². The van der Waals surface area contributed by atoms with Crippen LogP contribution in [0.25, 0.3) is 11.0 Å². The predicted molar refractivity (Wildman–Crippen MR) is 46.5 cm³/mol. The van der Waals surface area contributed by atoms with E-state index in [4.69, 9.17) is 5.73 Å². The minimum atomic E-state index is -0.0510. The molecule has 0 amide bonds. The van der Waals surface area contributed by atoms with Crippen molar-refractivity contribution in [3.8, 4) is 0 Å². The monoisotopic (exact) mass is 162 g/mol. The third kappa shape index (κ3) is 0.967. The number of aromatic nitrogens is 3. The van der Waals surface area contributed by atoms with Gasteiger partial charge in [-0.15, -0.1) is 0 Å². The summed E-state index contributed by atoms with van der Waals surface area (Å²) < 4.78 is 0. The SMILES string of the molecule is CC(N)c1[nH]nc2cccnc12. The van der Waals surface area contributed by atoms with Gasteiger partial charge in [-0.2, -0.15) is 5.10 Å². The molecule has 0 aliphatic carbocycles. The number of H-pyrrole nitrogens is 1. The van der Waals surface area contributed by atoms with Crippen LogP contribution in [0.15, 0.2) is 18.3 Å². The lowest BCUT2D eigenvalue weighted by Gasteiger charge is -1.99. The van der Waals surface area contributed by atoms with E-state index in [9.17, 15) is 0 Å². The molecule has 12 heavy (non-hydrogen) atoms. The van der Waals surface area contributed by atoms with Gasteiger partial charge in [0.2, 0.25) is 0 Å². The highest BCUT2D eigenvalue weighted by molar-refractivity contribution is 5.76. The molecule has 4 heteroatoms. The first kappa shape index (κ1) is 7.24. The first-order chi connectivity index (χ1) is 5.79. The quantitative estimate of drug-likeness (QED) is 0.656. The topological polar surface area (TPSA) is 67.6 Å². The van der Waals surface area contributed by atoms with Crippen molar-refractivity contribution in [1.82, 2.24) is 15.2 Å². The zero-order valence-corrected chi connectivity index (χ0v) is 6.78. The van der Waals surface area contributed by atoms with Crippen molar-refractivity contribution in [2.45, 2.75) is 13.0 Å². The second kappa shape index (κ2) is 2.57. The van der Waals surface area contributed by atoms with E-state index in [1.54, 1.807) is 6.20 Å². The third-order valence-corrected chi connectivity index (χ3v) is 1.79. The molecule has 0 bridgehead atoms. The molecule has 2 heterocycles. The Bertz CT molecular complexity index is 391. The molecule has 0 radical (unpaired) electrons. The number of nitrogens with zero attached hydrogens (tertiary/aromatic N) is 2. The van der Waals surface area contributed by atoms with Crippen LogP contribution in [-0.4, -0.2) is 15.2 Å². The fourth-order valence-electron chi connectivity index (χ4n) is 1.19. The minimum absolute atomic E-state index is 0.0510. The Balaban J connectivity index is 2.70. The van der Waals surface area contributed by atoms with Gasteiger partial charge in [0.25, 0.3) is 0 Å². The lowest BCUT2D eigenvalue weighted by Crippen LogP contribution is -2.05. The average Bonchev–Trinajstić information content (AvgIpc) is 2.47. The molecule has 62 valence electrons. The largest absolute Gasteiger partial charge is 0.323 e. The van der Waals surface area contributed by atoms with Crippen molar-refractivity contribution >= 4 is 11.0 Å².